The molecule has 1 fully saturated rings. The number of para-hydroxylation sites is 1. The molecule has 0 radical (unpaired) electrons. The van der Waals surface area contributed by atoms with Crippen molar-refractivity contribution in [1.82, 2.24) is 4.90 Å². The van der Waals surface area contributed by atoms with E-state index in [1.54, 1.807) is 24.3 Å². The summed E-state index contributed by atoms with van der Waals surface area (Å²) < 4.78 is 0. The normalized spacial score (nSPS) is 14.9. The van der Waals surface area contributed by atoms with E-state index in [1.165, 1.54) is 11.1 Å². The minimum absolute atomic E-state index is 0.00305. The zero-order valence-electron chi connectivity index (χ0n) is 17.9. The molecule has 0 spiro atoms. The Morgan fingerprint density at radius 1 is 0.871 bits per heavy atom. The summed E-state index contributed by atoms with van der Waals surface area (Å²) in [6.07, 6.45) is 1.65. The van der Waals surface area contributed by atoms with Crippen LogP contribution in [0.15, 0.2) is 78.9 Å². The van der Waals surface area contributed by atoms with E-state index < -0.39 is 0 Å². The molecule has 0 bridgehead atoms. The second-order valence-electron chi connectivity index (χ2n) is 8.27. The number of rotatable bonds is 6. The van der Waals surface area contributed by atoms with Crippen LogP contribution in [0.25, 0.3) is 0 Å². The molecule has 0 aliphatic carbocycles. The van der Waals surface area contributed by atoms with E-state index in [4.69, 9.17) is 0 Å². The Labute approximate surface area is 183 Å². The molecule has 31 heavy (non-hydrogen) atoms. The zero-order chi connectivity index (χ0) is 21.6. The highest BCUT2D eigenvalue weighted by atomic mass is 16.2. The zero-order valence-corrected chi connectivity index (χ0v) is 17.9. The van der Waals surface area contributed by atoms with Crippen molar-refractivity contribution >= 4 is 17.4 Å². The lowest BCUT2D eigenvalue weighted by Crippen LogP contribution is -2.37. The molecular formula is C27H28N2O2. The molecule has 158 valence electrons. The van der Waals surface area contributed by atoms with Crippen molar-refractivity contribution in [2.24, 2.45) is 5.92 Å². The van der Waals surface area contributed by atoms with Crippen LogP contribution in [-0.2, 0) is 11.3 Å². The third kappa shape index (κ3) is 5.28. The van der Waals surface area contributed by atoms with E-state index in [0.29, 0.717) is 16.8 Å². The van der Waals surface area contributed by atoms with Crippen molar-refractivity contribution in [2.75, 3.05) is 18.4 Å². The van der Waals surface area contributed by atoms with Crippen molar-refractivity contribution in [3.8, 4) is 0 Å². The Balaban J connectivity index is 1.36. The highest BCUT2D eigenvalue weighted by Gasteiger charge is 2.26. The number of anilines is 1. The number of likely N-dealkylation sites (tertiary alicyclic amines) is 1. The van der Waals surface area contributed by atoms with Gasteiger partial charge < -0.3 is 5.32 Å². The molecule has 4 rings (SSSR count). The van der Waals surface area contributed by atoms with Gasteiger partial charge in [0.05, 0.1) is 5.69 Å². The number of aryl methyl sites for hydroxylation is 1. The molecule has 1 heterocycles. The van der Waals surface area contributed by atoms with Crippen LogP contribution in [-0.4, -0.2) is 29.7 Å². The average Bonchev–Trinajstić information content (AvgIpc) is 2.81. The number of nitrogens with zero attached hydrogens (tertiary/aromatic N) is 1. The van der Waals surface area contributed by atoms with Gasteiger partial charge >= 0.3 is 0 Å². The first-order valence-electron chi connectivity index (χ1n) is 10.9. The maximum atomic E-state index is 12.9. The second kappa shape index (κ2) is 9.71. The van der Waals surface area contributed by atoms with E-state index in [0.717, 1.165) is 32.5 Å². The first kappa shape index (κ1) is 21.0. The Morgan fingerprint density at radius 2 is 1.52 bits per heavy atom. The molecule has 4 heteroatoms. The maximum Gasteiger partial charge on any atom is 0.227 e. The fraction of sp³-hybridized carbons (Fsp3) is 0.259. The van der Waals surface area contributed by atoms with Crippen LogP contribution < -0.4 is 5.32 Å². The third-order valence-corrected chi connectivity index (χ3v) is 5.95. The summed E-state index contributed by atoms with van der Waals surface area (Å²) in [7, 11) is 0. The molecule has 1 N–H and O–H groups in total. The van der Waals surface area contributed by atoms with Gasteiger partial charge in [-0.05, 0) is 50.6 Å². The van der Waals surface area contributed by atoms with Gasteiger partial charge in [-0.1, -0.05) is 72.3 Å². The van der Waals surface area contributed by atoms with Crippen LogP contribution in [0.4, 0.5) is 5.69 Å². The third-order valence-electron chi connectivity index (χ3n) is 5.95. The molecule has 0 saturated carbocycles. The number of benzene rings is 3. The van der Waals surface area contributed by atoms with Gasteiger partial charge in [0.2, 0.25) is 5.91 Å². The predicted molar refractivity (Wildman–Crippen MR) is 124 cm³/mol. The van der Waals surface area contributed by atoms with Gasteiger partial charge in [0.25, 0.3) is 0 Å². The topological polar surface area (TPSA) is 49.4 Å². The molecular weight excluding hydrogens is 384 g/mol. The minimum Gasteiger partial charge on any atom is -0.325 e. The van der Waals surface area contributed by atoms with E-state index in [9.17, 15) is 9.59 Å². The summed E-state index contributed by atoms with van der Waals surface area (Å²) >= 11 is 0. The number of ketones is 1. The van der Waals surface area contributed by atoms with E-state index in [2.05, 4.69) is 41.4 Å². The first-order chi connectivity index (χ1) is 15.1. The van der Waals surface area contributed by atoms with Gasteiger partial charge in [-0.25, -0.2) is 0 Å². The van der Waals surface area contributed by atoms with E-state index in [1.807, 2.05) is 30.3 Å². The standard InChI is InChI=1S/C27H28N2O2/c1-20-11-13-21(14-12-20)19-29-17-15-23(16-18-29)27(31)28-25-10-6-5-9-24(25)26(30)22-7-3-2-4-8-22/h2-14,23H,15-19H2,1H3,(H,28,31). The molecule has 4 nitrogen and oxygen atoms in total. The number of amides is 1. The largest absolute Gasteiger partial charge is 0.325 e. The van der Waals surface area contributed by atoms with Crippen molar-refractivity contribution < 1.29 is 9.59 Å². The number of piperidine rings is 1. The number of nitrogens with one attached hydrogen (secondary N) is 1. The molecule has 1 amide bonds. The van der Waals surface area contributed by atoms with Crippen molar-refractivity contribution in [2.45, 2.75) is 26.3 Å². The van der Waals surface area contributed by atoms with E-state index in [-0.39, 0.29) is 17.6 Å². The SMILES string of the molecule is Cc1ccc(CN2CCC(C(=O)Nc3ccccc3C(=O)c3ccccc3)CC2)cc1. The number of carbonyl (C=O) groups excluding carboxylic acids is 2. The average molecular weight is 413 g/mol. The van der Waals surface area contributed by atoms with Gasteiger partial charge in [-0.2, -0.15) is 0 Å². The number of hydrogen-bond donors (Lipinski definition) is 1. The minimum atomic E-state index is -0.0792. The highest BCUT2D eigenvalue weighted by Crippen LogP contribution is 2.24. The van der Waals surface area contributed by atoms with Crippen LogP contribution >= 0.6 is 0 Å². The Bertz CT molecular complexity index is 1040. The van der Waals surface area contributed by atoms with Crippen LogP contribution in [0.5, 0.6) is 0 Å². The molecule has 1 saturated heterocycles. The van der Waals surface area contributed by atoms with Crippen molar-refractivity contribution in [3.63, 3.8) is 0 Å². The molecule has 3 aromatic carbocycles. The fourth-order valence-corrected chi connectivity index (χ4v) is 4.07. The van der Waals surface area contributed by atoms with Crippen molar-refractivity contribution in [1.29, 1.82) is 0 Å². The Kier molecular flexibility index (Phi) is 6.58. The fourth-order valence-electron chi connectivity index (χ4n) is 4.07. The Hall–Kier alpha value is -3.24. The summed E-state index contributed by atoms with van der Waals surface area (Å²) in [5, 5.41) is 3.02. The highest BCUT2D eigenvalue weighted by molar-refractivity contribution is 6.13. The van der Waals surface area contributed by atoms with Gasteiger partial charge in [-0.3, -0.25) is 14.5 Å². The lowest BCUT2D eigenvalue weighted by Gasteiger charge is -2.31. The molecule has 3 aromatic rings. The van der Waals surface area contributed by atoms with Crippen LogP contribution in [0.1, 0.15) is 39.9 Å². The predicted octanol–water partition coefficient (Wildman–Crippen LogP) is 5.08. The second-order valence-corrected chi connectivity index (χ2v) is 8.27. The molecule has 0 atom stereocenters. The molecule has 0 aromatic heterocycles. The van der Waals surface area contributed by atoms with Crippen LogP contribution in [0, 0.1) is 12.8 Å². The summed E-state index contributed by atoms with van der Waals surface area (Å²) in [5.74, 6) is -0.109. The quantitative estimate of drug-likeness (QED) is 0.575. The summed E-state index contributed by atoms with van der Waals surface area (Å²) in [4.78, 5) is 28.2. The molecule has 1 aliphatic rings. The maximum absolute atomic E-state index is 12.9. The van der Waals surface area contributed by atoms with Crippen LogP contribution in [0.2, 0.25) is 0 Å². The number of carbonyl (C=O) groups is 2. The van der Waals surface area contributed by atoms with Gasteiger partial charge in [-0.15, -0.1) is 0 Å². The summed E-state index contributed by atoms with van der Waals surface area (Å²) in [6.45, 7) is 4.82. The van der Waals surface area contributed by atoms with Gasteiger partial charge in [0, 0.05) is 23.6 Å². The Morgan fingerprint density at radius 3 is 2.23 bits per heavy atom. The summed E-state index contributed by atoms with van der Waals surface area (Å²) in [6, 6.07) is 25.1. The van der Waals surface area contributed by atoms with Crippen molar-refractivity contribution in [3.05, 3.63) is 101 Å². The lowest BCUT2D eigenvalue weighted by molar-refractivity contribution is -0.121. The van der Waals surface area contributed by atoms with Gasteiger partial charge in [0.1, 0.15) is 0 Å². The number of hydrogen-bond acceptors (Lipinski definition) is 3. The lowest BCUT2D eigenvalue weighted by atomic mass is 9.95. The summed E-state index contributed by atoms with van der Waals surface area (Å²) in [5.41, 5.74) is 4.31. The first-order valence-corrected chi connectivity index (χ1v) is 10.9. The van der Waals surface area contributed by atoms with Crippen LogP contribution in [0.3, 0.4) is 0 Å². The molecule has 0 unspecified atom stereocenters. The molecule has 1 aliphatic heterocycles. The monoisotopic (exact) mass is 412 g/mol. The van der Waals surface area contributed by atoms with E-state index >= 15 is 0 Å². The smallest absolute Gasteiger partial charge is 0.227 e. The van der Waals surface area contributed by atoms with Gasteiger partial charge in [0.15, 0.2) is 5.78 Å².